The number of amides is 1. The first-order valence-electron chi connectivity index (χ1n) is 14.8. The summed E-state index contributed by atoms with van der Waals surface area (Å²) in [4.78, 5) is 19.2. The number of alkyl halides is 5. The second kappa shape index (κ2) is 14.5. The van der Waals surface area contributed by atoms with E-state index in [1.54, 1.807) is 17.0 Å². The second-order valence-electron chi connectivity index (χ2n) is 11.0. The Balaban J connectivity index is 1.46. The van der Waals surface area contributed by atoms with Crippen LogP contribution in [0.3, 0.4) is 0 Å². The molecule has 0 saturated carbocycles. The molecule has 1 saturated heterocycles. The number of hydrogen-bond donors (Lipinski definition) is 2. The quantitative estimate of drug-likeness (QED) is 0.275. The molecule has 2 aliphatic rings. The first kappa shape index (κ1) is 35.3. The number of carbonyl (C=O) groups is 1. The molecule has 2 aromatic rings. The second-order valence-corrected chi connectivity index (χ2v) is 13.3. The lowest BCUT2D eigenvalue weighted by molar-refractivity contribution is -0.241. The van der Waals surface area contributed by atoms with E-state index in [1.807, 2.05) is 0 Å². The van der Waals surface area contributed by atoms with Crippen LogP contribution in [0.1, 0.15) is 55.5 Å². The van der Waals surface area contributed by atoms with Crippen molar-refractivity contribution in [1.29, 1.82) is 0 Å². The van der Waals surface area contributed by atoms with Gasteiger partial charge in [-0.1, -0.05) is 13.8 Å². The number of benzene rings is 2. The summed E-state index contributed by atoms with van der Waals surface area (Å²) in [6.07, 6.45) is -6.94. The van der Waals surface area contributed by atoms with E-state index in [2.05, 4.69) is 10.3 Å². The van der Waals surface area contributed by atoms with E-state index < -0.39 is 64.8 Å². The van der Waals surface area contributed by atoms with Crippen LogP contribution in [-0.4, -0.2) is 75.0 Å². The Kier molecular flexibility index (Phi) is 11.1. The highest BCUT2D eigenvalue weighted by atomic mass is 32.2. The number of nitrogens with zero attached hydrogens (tertiary/aromatic N) is 2. The summed E-state index contributed by atoms with van der Waals surface area (Å²) in [6.45, 7) is 2.25. The molecule has 2 N–H and O–H groups in total. The third-order valence-corrected chi connectivity index (χ3v) is 9.76. The first-order valence-corrected chi connectivity index (χ1v) is 16.4. The van der Waals surface area contributed by atoms with Crippen LogP contribution in [0, 0.1) is 0 Å². The van der Waals surface area contributed by atoms with Crippen LogP contribution in [0.4, 0.5) is 27.6 Å². The number of aliphatic hydroxyl groups excluding tert-OH is 1. The number of carbonyl (C=O) groups excluding carboxylic acids is 1. The van der Waals surface area contributed by atoms with Crippen LogP contribution < -0.4 is 15.0 Å². The number of nitrogens with one attached hydrogen (secondary N) is 1. The average Bonchev–Trinajstić information content (AvgIpc) is 3.45. The van der Waals surface area contributed by atoms with E-state index in [4.69, 9.17) is 9.47 Å². The molecule has 15 heteroatoms. The molecule has 252 valence electrons. The normalized spacial score (nSPS) is 19.8. The summed E-state index contributed by atoms with van der Waals surface area (Å²) < 4.78 is 102. The summed E-state index contributed by atoms with van der Waals surface area (Å²) >= 11 is 0. The lowest BCUT2D eigenvalue weighted by Crippen LogP contribution is -2.44. The van der Waals surface area contributed by atoms with E-state index in [0.717, 1.165) is 12.1 Å². The van der Waals surface area contributed by atoms with Gasteiger partial charge in [-0.2, -0.15) is 22.0 Å². The van der Waals surface area contributed by atoms with Crippen LogP contribution >= 0.6 is 0 Å². The molecule has 0 aromatic heterocycles. The summed E-state index contributed by atoms with van der Waals surface area (Å²) in [5, 5.41) is 12.6. The molecular formula is C31H36F5N3O6S. The fourth-order valence-electron chi connectivity index (χ4n) is 5.17. The predicted octanol–water partition coefficient (Wildman–Crippen LogP) is 5.35. The lowest BCUT2D eigenvalue weighted by Gasteiger charge is -2.28. The zero-order chi connectivity index (χ0) is 33.7. The van der Waals surface area contributed by atoms with Crippen LogP contribution in [0.2, 0.25) is 0 Å². The molecule has 3 atom stereocenters. The zero-order valence-corrected chi connectivity index (χ0v) is 26.1. The molecule has 0 unspecified atom stereocenters. The molecule has 2 aliphatic heterocycles. The predicted molar refractivity (Wildman–Crippen MR) is 162 cm³/mol. The fraction of sp³-hybridized carbons (Fsp3) is 0.484. The lowest BCUT2D eigenvalue weighted by atomic mass is 10.0. The number of allylic oxidation sites excluding steroid dienone is 1. The third kappa shape index (κ3) is 8.82. The molecule has 2 aromatic carbocycles. The topological polar surface area (TPSA) is 118 Å². The Morgan fingerprint density at radius 1 is 1.07 bits per heavy atom. The third-order valence-electron chi connectivity index (χ3n) is 7.89. The van der Waals surface area contributed by atoms with Gasteiger partial charge in [0.1, 0.15) is 11.9 Å². The number of anilines is 1. The van der Waals surface area contributed by atoms with Gasteiger partial charge in [-0.05, 0) is 61.4 Å². The van der Waals surface area contributed by atoms with E-state index in [-0.39, 0.29) is 54.4 Å². The molecule has 9 nitrogen and oxygen atoms in total. The average molecular weight is 674 g/mol. The van der Waals surface area contributed by atoms with Gasteiger partial charge >= 0.3 is 12.3 Å². The highest BCUT2D eigenvalue weighted by molar-refractivity contribution is 7.95. The number of rotatable bonds is 13. The van der Waals surface area contributed by atoms with Gasteiger partial charge in [-0.3, -0.25) is 9.79 Å². The van der Waals surface area contributed by atoms with Crippen LogP contribution in [-0.2, 0) is 20.8 Å². The van der Waals surface area contributed by atoms with E-state index in [0.29, 0.717) is 11.4 Å². The van der Waals surface area contributed by atoms with E-state index in [1.165, 1.54) is 44.3 Å². The number of hydrogen-bond acceptors (Lipinski definition) is 8. The number of halogens is 5. The van der Waals surface area contributed by atoms with Crippen molar-refractivity contribution in [3.63, 3.8) is 0 Å². The van der Waals surface area contributed by atoms with Crippen molar-refractivity contribution in [2.75, 3.05) is 30.4 Å². The minimum absolute atomic E-state index is 0.0525. The summed E-state index contributed by atoms with van der Waals surface area (Å²) in [5.74, 6) is -0.370. The highest BCUT2D eigenvalue weighted by Gasteiger charge is 2.37. The van der Waals surface area contributed by atoms with Gasteiger partial charge in [0.15, 0.2) is 9.84 Å². The monoisotopic (exact) mass is 673 g/mol. The summed E-state index contributed by atoms with van der Waals surface area (Å²) in [5.41, 5.74) is 0.431. The maximum absolute atomic E-state index is 13.9. The number of aliphatic imine (C=N–C) groups is 1. The number of ether oxygens (including phenoxy) is 2. The minimum Gasteiger partial charge on any atom is -0.489 e. The highest BCUT2D eigenvalue weighted by Crippen LogP contribution is 2.33. The van der Waals surface area contributed by atoms with Crippen LogP contribution in [0.5, 0.6) is 5.75 Å². The van der Waals surface area contributed by atoms with Crippen LogP contribution in [0.25, 0.3) is 0 Å². The van der Waals surface area contributed by atoms with Gasteiger partial charge < -0.3 is 24.8 Å². The molecule has 0 bridgehead atoms. The van der Waals surface area contributed by atoms with E-state index in [9.17, 15) is 40.3 Å². The summed E-state index contributed by atoms with van der Waals surface area (Å²) in [7, 11) is -3.39. The number of sulfone groups is 1. The standard InChI is InChI=1S/C31H36F5N3O6S/c1-3-30(32,33)44-19-23-15-25(45-24-11-7-21(8-12-24)31(34,35)36)17-39(23)22-9-5-20(6-10-22)29(41)38-28(18-40)27-14-13-26(16-37-27)46(42,43)4-2/h5-12,16,23,25,28,40H,3-4,13-15,17-19H2,1-2H3,(H,38,41)/t23-,25+,28-/m0/s1. The van der Waals surface area contributed by atoms with Gasteiger partial charge in [0.25, 0.3) is 5.91 Å². The van der Waals surface area contributed by atoms with Crippen molar-refractivity contribution in [2.24, 2.45) is 4.99 Å². The molecule has 0 radical (unpaired) electrons. The molecule has 46 heavy (non-hydrogen) atoms. The maximum Gasteiger partial charge on any atom is 0.416 e. The van der Waals surface area contributed by atoms with Crippen LogP contribution in [0.15, 0.2) is 64.6 Å². The number of aliphatic hydroxyl groups is 1. The Bertz CT molecular complexity index is 1530. The van der Waals surface area contributed by atoms with Gasteiger partial charge in [-0.15, -0.1) is 0 Å². The SMILES string of the molecule is CCC(F)(F)OC[C@@H]1C[C@@H](Oc2ccc(C(F)(F)F)cc2)CN1c1ccc(C(=O)N[C@@H](CO)C2=NC=C(S(=O)(=O)CC)CC2)cc1. The fourth-order valence-corrected chi connectivity index (χ4v) is 6.17. The minimum atomic E-state index is -4.50. The molecule has 1 fully saturated rings. The molecule has 2 heterocycles. The van der Waals surface area contributed by atoms with Crippen molar-refractivity contribution < 1.29 is 49.7 Å². The summed E-state index contributed by atoms with van der Waals surface area (Å²) in [6, 6.07) is 9.11. The van der Waals surface area contributed by atoms with Crippen molar-refractivity contribution in [3.05, 3.63) is 70.8 Å². The Morgan fingerprint density at radius 3 is 2.28 bits per heavy atom. The van der Waals surface area contributed by atoms with Gasteiger partial charge in [0.2, 0.25) is 0 Å². The Labute approximate surface area is 264 Å². The van der Waals surface area contributed by atoms with Gasteiger partial charge in [0, 0.05) is 36.0 Å². The first-order chi connectivity index (χ1) is 21.7. The molecule has 0 aliphatic carbocycles. The van der Waals surface area contributed by atoms with Gasteiger partial charge in [0.05, 0.1) is 48.1 Å². The Hall–Kier alpha value is -3.56. The smallest absolute Gasteiger partial charge is 0.416 e. The van der Waals surface area contributed by atoms with Crippen molar-refractivity contribution in [2.45, 2.75) is 70.0 Å². The van der Waals surface area contributed by atoms with Crippen molar-refractivity contribution in [1.82, 2.24) is 5.32 Å². The molecule has 0 spiro atoms. The molecular weight excluding hydrogens is 637 g/mol. The molecule has 1 amide bonds. The van der Waals surface area contributed by atoms with Crippen molar-refractivity contribution in [3.8, 4) is 5.75 Å². The van der Waals surface area contributed by atoms with E-state index >= 15 is 0 Å². The van der Waals surface area contributed by atoms with Gasteiger partial charge in [-0.25, -0.2) is 8.42 Å². The molecule has 4 rings (SSSR count). The zero-order valence-electron chi connectivity index (χ0n) is 25.3. The Morgan fingerprint density at radius 2 is 1.74 bits per heavy atom. The van der Waals surface area contributed by atoms with Crippen molar-refractivity contribution >= 4 is 27.1 Å². The maximum atomic E-state index is 13.9. The largest absolute Gasteiger partial charge is 0.489 e.